The third-order valence-corrected chi connectivity index (χ3v) is 6.59. The number of carboxylic acid groups (broad SMARTS) is 1. The SMILES string of the molecule is CC[C@H](NC(=O)CCc1ccc(-c2nc3ccccc3s2)cc1)C(=O)N[C@@H](CCC(=O)O)C(N)=O. The molecule has 0 aliphatic heterocycles. The molecule has 35 heavy (non-hydrogen) atoms. The zero-order valence-electron chi connectivity index (χ0n) is 19.3. The summed E-state index contributed by atoms with van der Waals surface area (Å²) >= 11 is 1.63. The number of thiazole rings is 1. The van der Waals surface area contributed by atoms with E-state index in [9.17, 15) is 19.2 Å². The summed E-state index contributed by atoms with van der Waals surface area (Å²) in [5.74, 6) is -2.80. The maximum absolute atomic E-state index is 12.5. The Balaban J connectivity index is 1.52. The highest BCUT2D eigenvalue weighted by molar-refractivity contribution is 7.21. The van der Waals surface area contributed by atoms with Gasteiger partial charge in [-0.05, 0) is 37.0 Å². The second kappa shape index (κ2) is 12.1. The van der Waals surface area contributed by atoms with Gasteiger partial charge in [-0.15, -0.1) is 11.3 Å². The van der Waals surface area contributed by atoms with Gasteiger partial charge in [-0.1, -0.05) is 43.3 Å². The first-order chi connectivity index (χ1) is 16.8. The number of nitrogens with zero attached hydrogens (tertiary/aromatic N) is 1. The summed E-state index contributed by atoms with van der Waals surface area (Å²) in [5.41, 5.74) is 8.21. The smallest absolute Gasteiger partial charge is 0.303 e. The predicted molar refractivity (Wildman–Crippen MR) is 134 cm³/mol. The van der Waals surface area contributed by atoms with Crippen LogP contribution in [0.5, 0.6) is 0 Å². The highest BCUT2D eigenvalue weighted by atomic mass is 32.1. The van der Waals surface area contributed by atoms with Gasteiger partial charge in [-0.3, -0.25) is 19.2 Å². The van der Waals surface area contributed by atoms with Crippen LogP contribution in [0.4, 0.5) is 0 Å². The van der Waals surface area contributed by atoms with Crippen molar-refractivity contribution in [2.75, 3.05) is 0 Å². The number of nitrogens with one attached hydrogen (secondary N) is 2. The number of nitrogens with two attached hydrogens (primary N) is 1. The van der Waals surface area contributed by atoms with Crippen LogP contribution in [0.1, 0.15) is 38.2 Å². The molecule has 0 fully saturated rings. The highest BCUT2D eigenvalue weighted by Crippen LogP contribution is 2.30. The standard InChI is InChI=1S/C25H28N4O5S/c1-2-17(24(34)28-19(23(26)33)12-14-22(31)32)27-21(30)13-9-15-7-10-16(11-8-15)25-29-18-5-3-4-6-20(18)35-25/h3-8,10-11,17,19H,2,9,12-14H2,1H3,(H2,26,33)(H,27,30)(H,28,34)(H,31,32)/t17-,19-/m0/s1. The average Bonchev–Trinajstić information content (AvgIpc) is 3.28. The number of para-hydroxylation sites is 1. The quantitative estimate of drug-likeness (QED) is 0.303. The topological polar surface area (TPSA) is 151 Å². The van der Waals surface area contributed by atoms with E-state index in [0.29, 0.717) is 12.8 Å². The molecule has 0 saturated heterocycles. The highest BCUT2D eigenvalue weighted by Gasteiger charge is 2.24. The van der Waals surface area contributed by atoms with Crippen LogP contribution in [0.3, 0.4) is 0 Å². The van der Waals surface area contributed by atoms with E-state index in [1.165, 1.54) is 0 Å². The molecule has 0 aliphatic carbocycles. The van der Waals surface area contributed by atoms with Gasteiger partial charge < -0.3 is 21.5 Å². The average molecular weight is 497 g/mol. The van der Waals surface area contributed by atoms with Gasteiger partial charge in [0, 0.05) is 18.4 Å². The van der Waals surface area contributed by atoms with E-state index in [2.05, 4.69) is 15.6 Å². The molecule has 3 aromatic rings. The van der Waals surface area contributed by atoms with Gasteiger partial charge in [-0.2, -0.15) is 0 Å². The molecular weight excluding hydrogens is 468 g/mol. The van der Waals surface area contributed by atoms with Crippen LogP contribution in [-0.4, -0.2) is 45.9 Å². The lowest BCUT2D eigenvalue weighted by atomic mass is 10.1. The van der Waals surface area contributed by atoms with Crippen molar-refractivity contribution >= 4 is 45.2 Å². The summed E-state index contributed by atoms with van der Waals surface area (Å²) in [6.45, 7) is 1.72. The number of benzene rings is 2. The molecular formula is C25H28N4O5S. The van der Waals surface area contributed by atoms with Crippen molar-refractivity contribution in [2.24, 2.45) is 5.73 Å². The lowest BCUT2D eigenvalue weighted by molar-refractivity contribution is -0.137. The third kappa shape index (κ3) is 7.35. The van der Waals surface area contributed by atoms with Gasteiger partial charge >= 0.3 is 5.97 Å². The van der Waals surface area contributed by atoms with E-state index in [-0.39, 0.29) is 25.2 Å². The van der Waals surface area contributed by atoms with Gasteiger partial charge in [0.15, 0.2) is 0 Å². The van der Waals surface area contributed by atoms with Crippen LogP contribution in [0.15, 0.2) is 48.5 Å². The normalized spacial score (nSPS) is 12.6. The number of hydrogen-bond acceptors (Lipinski definition) is 6. The Kier molecular flexibility index (Phi) is 8.91. The van der Waals surface area contributed by atoms with Crippen LogP contribution >= 0.6 is 11.3 Å². The molecule has 1 aromatic heterocycles. The number of aromatic nitrogens is 1. The van der Waals surface area contributed by atoms with Gasteiger partial charge in [0.25, 0.3) is 0 Å². The number of rotatable bonds is 12. The first-order valence-electron chi connectivity index (χ1n) is 11.3. The van der Waals surface area contributed by atoms with Crippen molar-refractivity contribution in [1.29, 1.82) is 0 Å². The maximum atomic E-state index is 12.5. The second-order valence-electron chi connectivity index (χ2n) is 8.11. The van der Waals surface area contributed by atoms with E-state index < -0.39 is 29.9 Å². The van der Waals surface area contributed by atoms with E-state index in [1.54, 1.807) is 18.3 Å². The number of fused-ring (bicyclic) bond motifs is 1. The minimum atomic E-state index is -1.11. The molecule has 3 rings (SSSR count). The van der Waals surface area contributed by atoms with E-state index in [0.717, 1.165) is 26.4 Å². The van der Waals surface area contributed by atoms with Gasteiger partial charge in [-0.25, -0.2) is 4.98 Å². The molecule has 184 valence electrons. The molecule has 0 aliphatic rings. The zero-order chi connectivity index (χ0) is 25.4. The largest absolute Gasteiger partial charge is 0.481 e. The summed E-state index contributed by atoms with van der Waals surface area (Å²) < 4.78 is 1.13. The van der Waals surface area contributed by atoms with Crippen LogP contribution in [0, 0.1) is 0 Å². The summed E-state index contributed by atoms with van der Waals surface area (Å²) in [5, 5.41) is 14.8. The van der Waals surface area contributed by atoms with Crippen molar-refractivity contribution in [1.82, 2.24) is 15.6 Å². The molecule has 0 spiro atoms. The molecule has 2 aromatic carbocycles. The second-order valence-corrected chi connectivity index (χ2v) is 9.14. The molecule has 0 bridgehead atoms. The number of aliphatic carboxylic acids is 1. The molecule has 10 heteroatoms. The van der Waals surface area contributed by atoms with Crippen molar-refractivity contribution < 1.29 is 24.3 Å². The Hall–Kier alpha value is -3.79. The molecule has 9 nitrogen and oxygen atoms in total. The molecule has 3 amide bonds. The number of carbonyl (C=O) groups is 4. The van der Waals surface area contributed by atoms with Crippen molar-refractivity contribution in [3.8, 4) is 10.6 Å². The summed E-state index contributed by atoms with van der Waals surface area (Å²) in [6.07, 6.45) is 0.552. The molecule has 0 radical (unpaired) electrons. The van der Waals surface area contributed by atoms with Gasteiger partial charge in [0.2, 0.25) is 17.7 Å². The van der Waals surface area contributed by atoms with Crippen molar-refractivity contribution in [3.05, 3.63) is 54.1 Å². The number of aryl methyl sites for hydroxylation is 1. The monoisotopic (exact) mass is 496 g/mol. The first kappa shape index (κ1) is 25.8. The molecule has 0 saturated carbocycles. The molecule has 2 atom stereocenters. The van der Waals surface area contributed by atoms with E-state index >= 15 is 0 Å². The lowest BCUT2D eigenvalue weighted by Gasteiger charge is -2.20. The minimum absolute atomic E-state index is 0.117. The Morgan fingerprint density at radius 3 is 2.34 bits per heavy atom. The Morgan fingerprint density at radius 1 is 1.00 bits per heavy atom. The molecule has 0 unspecified atom stereocenters. The summed E-state index contributed by atoms with van der Waals surface area (Å²) in [4.78, 5) is 51.9. The zero-order valence-corrected chi connectivity index (χ0v) is 20.1. The number of hydrogen-bond donors (Lipinski definition) is 4. The van der Waals surface area contributed by atoms with Crippen LogP contribution < -0.4 is 16.4 Å². The Labute approximate surface area is 206 Å². The number of primary amides is 1. The fraction of sp³-hybridized carbons (Fsp3) is 0.320. The minimum Gasteiger partial charge on any atom is -0.481 e. The fourth-order valence-electron chi connectivity index (χ4n) is 3.51. The van der Waals surface area contributed by atoms with Crippen LogP contribution in [0.25, 0.3) is 20.8 Å². The van der Waals surface area contributed by atoms with Gasteiger partial charge in [0.1, 0.15) is 17.1 Å². The van der Waals surface area contributed by atoms with Crippen LogP contribution in [-0.2, 0) is 25.6 Å². The van der Waals surface area contributed by atoms with Crippen molar-refractivity contribution in [3.63, 3.8) is 0 Å². The Morgan fingerprint density at radius 2 is 1.71 bits per heavy atom. The summed E-state index contributed by atoms with van der Waals surface area (Å²) in [7, 11) is 0. The fourth-order valence-corrected chi connectivity index (χ4v) is 4.48. The maximum Gasteiger partial charge on any atom is 0.303 e. The predicted octanol–water partition coefficient (Wildman–Crippen LogP) is 2.63. The van der Waals surface area contributed by atoms with E-state index in [4.69, 9.17) is 10.8 Å². The van der Waals surface area contributed by atoms with Gasteiger partial charge in [0.05, 0.1) is 10.2 Å². The molecule has 5 N–H and O–H groups in total. The molecule has 1 heterocycles. The first-order valence-corrected chi connectivity index (χ1v) is 12.1. The third-order valence-electron chi connectivity index (χ3n) is 5.50. The lowest BCUT2D eigenvalue weighted by Crippen LogP contribution is -2.52. The van der Waals surface area contributed by atoms with E-state index in [1.807, 2.05) is 48.5 Å². The Bertz CT molecular complexity index is 1180. The number of carboxylic acids is 1. The van der Waals surface area contributed by atoms with Crippen LogP contribution in [0.2, 0.25) is 0 Å². The number of carbonyl (C=O) groups excluding carboxylic acids is 3. The summed E-state index contributed by atoms with van der Waals surface area (Å²) in [6, 6.07) is 13.9. The van der Waals surface area contributed by atoms with Crippen molar-refractivity contribution in [2.45, 2.75) is 51.1 Å². The number of amides is 3.